The molecule has 1 heterocycles. The van der Waals surface area contributed by atoms with Gasteiger partial charge < -0.3 is 29.7 Å². The molecule has 1 aliphatic heterocycles. The van der Waals surface area contributed by atoms with E-state index in [4.69, 9.17) is 19.3 Å². The van der Waals surface area contributed by atoms with Crippen LogP contribution in [0.15, 0.2) is 18.2 Å². The summed E-state index contributed by atoms with van der Waals surface area (Å²) in [5.74, 6) is 1.36. The molecule has 0 amide bonds. The standard InChI is InChI=1S/C14H21NO5/c1-18-8-11(4-5-16)15-7-12(17)10-2-3-13-14(6-10)20-9-19-13/h2-3,6,11-12,15-17H,4-5,7-9H2,1H3. The van der Waals surface area contributed by atoms with Crippen molar-refractivity contribution in [2.75, 3.05) is 33.7 Å². The first-order valence-corrected chi connectivity index (χ1v) is 6.65. The second kappa shape index (κ2) is 7.44. The summed E-state index contributed by atoms with van der Waals surface area (Å²) < 4.78 is 15.6. The van der Waals surface area contributed by atoms with Gasteiger partial charge in [-0.05, 0) is 24.1 Å². The topological polar surface area (TPSA) is 80.2 Å². The highest BCUT2D eigenvalue weighted by Crippen LogP contribution is 2.34. The Morgan fingerprint density at radius 2 is 2.15 bits per heavy atom. The molecule has 112 valence electrons. The molecule has 2 rings (SSSR count). The van der Waals surface area contributed by atoms with Crippen LogP contribution in [0.4, 0.5) is 0 Å². The molecule has 6 heteroatoms. The zero-order valence-electron chi connectivity index (χ0n) is 11.5. The van der Waals surface area contributed by atoms with Crippen LogP contribution in [0, 0.1) is 0 Å². The van der Waals surface area contributed by atoms with Crippen molar-refractivity contribution in [3.8, 4) is 11.5 Å². The van der Waals surface area contributed by atoms with Crippen LogP contribution in [-0.2, 0) is 4.74 Å². The normalized spacial score (nSPS) is 16.1. The Hall–Kier alpha value is -1.34. The SMILES string of the molecule is COCC(CCO)NCC(O)c1ccc2c(c1)OCO2. The van der Waals surface area contributed by atoms with E-state index in [-0.39, 0.29) is 19.4 Å². The maximum atomic E-state index is 10.2. The van der Waals surface area contributed by atoms with E-state index in [0.29, 0.717) is 31.1 Å². The number of hydrogen-bond acceptors (Lipinski definition) is 6. The van der Waals surface area contributed by atoms with Gasteiger partial charge in [0.25, 0.3) is 0 Å². The Labute approximate surface area is 118 Å². The molecule has 2 atom stereocenters. The van der Waals surface area contributed by atoms with E-state index in [2.05, 4.69) is 5.32 Å². The molecule has 0 fully saturated rings. The van der Waals surface area contributed by atoms with Crippen molar-refractivity contribution in [1.29, 1.82) is 0 Å². The van der Waals surface area contributed by atoms with Gasteiger partial charge in [0.2, 0.25) is 6.79 Å². The first-order chi connectivity index (χ1) is 9.74. The molecular formula is C14H21NO5. The predicted octanol–water partition coefficient (Wildman–Crippen LogP) is 0.436. The molecule has 3 N–H and O–H groups in total. The monoisotopic (exact) mass is 283 g/mol. The van der Waals surface area contributed by atoms with Gasteiger partial charge in [-0.25, -0.2) is 0 Å². The van der Waals surface area contributed by atoms with Gasteiger partial charge in [0.05, 0.1) is 12.7 Å². The number of hydrogen-bond donors (Lipinski definition) is 3. The summed E-state index contributed by atoms with van der Waals surface area (Å²) in [5.41, 5.74) is 0.766. The van der Waals surface area contributed by atoms with Gasteiger partial charge in [0, 0.05) is 26.3 Å². The minimum absolute atomic E-state index is 0.0219. The fraction of sp³-hybridized carbons (Fsp3) is 0.571. The number of benzene rings is 1. The first-order valence-electron chi connectivity index (χ1n) is 6.65. The second-order valence-electron chi connectivity index (χ2n) is 4.70. The Morgan fingerprint density at radius 3 is 2.90 bits per heavy atom. The summed E-state index contributed by atoms with van der Waals surface area (Å²) in [6.07, 6.45) is -0.0654. The van der Waals surface area contributed by atoms with Crippen molar-refractivity contribution in [3.05, 3.63) is 23.8 Å². The van der Waals surface area contributed by atoms with Crippen LogP contribution in [0.25, 0.3) is 0 Å². The second-order valence-corrected chi connectivity index (χ2v) is 4.70. The molecule has 0 bridgehead atoms. The average molecular weight is 283 g/mol. The maximum absolute atomic E-state index is 10.2. The molecule has 0 aliphatic carbocycles. The van der Waals surface area contributed by atoms with Gasteiger partial charge >= 0.3 is 0 Å². The van der Waals surface area contributed by atoms with Gasteiger partial charge in [-0.15, -0.1) is 0 Å². The van der Waals surface area contributed by atoms with Crippen molar-refractivity contribution in [2.45, 2.75) is 18.6 Å². The van der Waals surface area contributed by atoms with Gasteiger partial charge in [-0.2, -0.15) is 0 Å². The van der Waals surface area contributed by atoms with Crippen LogP contribution in [0.3, 0.4) is 0 Å². The third kappa shape index (κ3) is 3.83. The van der Waals surface area contributed by atoms with Gasteiger partial charge in [-0.1, -0.05) is 6.07 Å². The lowest BCUT2D eigenvalue weighted by Gasteiger charge is -2.19. The Balaban J connectivity index is 1.89. The van der Waals surface area contributed by atoms with E-state index >= 15 is 0 Å². The highest BCUT2D eigenvalue weighted by molar-refractivity contribution is 5.45. The molecule has 1 aliphatic rings. The summed E-state index contributed by atoms with van der Waals surface area (Å²) in [7, 11) is 1.61. The number of nitrogens with one attached hydrogen (secondary N) is 1. The van der Waals surface area contributed by atoms with E-state index < -0.39 is 6.10 Å². The third-order valence-corrected chi connectivity index (χ3v) is 3.23. The van der Waals surface area contributed by atoms with Gasteiger partial charge in [0.1, 0.15) is 0 Å². The molecule has 20 heavy (non-hydrogen) atoms. The summed E-state index contributed by atoms with van der Waals surface area (Å²) in [5, 5.41) is 22.3. The average Bonchev–Trinajstić information content (AvgIpc) is 2.92. The minimum atomic E-state index is -0.650. The molecule has 1 aromatic rings. The fourth-order valence-corrected chi connectivity index (χ4v) is 2.12. The molecule has 1 aromatic carbocycles. The number of aliphatic hydroxyl groups is 2. The van der Waals surface area contributed by atoms with E-state index in [9.17, 15) is 5.11 Å². The lowest BCUT2D eigenvalue weighted by Crippen LogP contribution is -2.36. The number of ether oxygens (including phenoxy) is 3. The van der Waals surface area contributed by atoms with Gasteiger partial charge in [-0.3, -0.25) is 0 Å². The van der Waals surface area contributed by atoms with E-state index in [1.807, 2.05) is 6.07 Å². The Morgan fingerprint density at radius 1 is 1.35 bits per heavy atom. The number of methoxy groups -OCH3 is 1. The molecular weight excluding hydrogens is 262 g/mol. The highest BCUT2D eigenvalue weighted by atomic mass is 16.7. The molecule has 0 radical (unpaired) electrons. The summed E-state index contributed by atoms with van der Waals surface area (Å²) in [4.78, 5) is 0. The van der Waals surface area contributed by atoms with Crippen molar-refractivity contribution >= 4 is 0 Å². The number of rotatable bonds is 8. The molecule has 0 saturated heterocycles. The lowest BCUT2D eigenvalue weighted by atomic mass is 10.1. The Bertz CT molecular complexity index is 420. The summed E-state index contributed by atoms with van der Waals surface area (Å²) in [6, 6.07) is 5.42. The van der Waals surface area contributed by atoms with Crippen molar-refractivity contribution < 1.29 is 24.4 Å². The molecule has 2 unspecified atom stereocenters. The minimum Gasteiger partial charge on any atom is -0.454 e. The highest BCUT2D eigenvalue weighted by Gasteiger charge is 2.17. The maximum Gasteiger partial charge on any atom is 0.231 e. The van der Waals surface area contributed by atoms with Crippen LogP contribution in [0.2, 0.25) is 0 Å². The van der Waals surface area contributed by atoms with Gasteiger partial charge in [0.15, 0.2) is 11.5 Å². The lowest BCUT2D eigenvalue weighted by molar-refractivity contribution is 0.126. The van der Waals surface area contributed by atoms with Crippen LogP contribution >= 0.6 is 0 Å². The summed E-state index contributed by atoms with van der Waals surface area (Å²) >= 11 is 0. The van der Waals surface area contributed by atoms with Crippen molar-refractivity contribution in [2.24, 2.45) is 0 Å². The van der Waals surface area contributed by atoms with Crippen LogP contribution in [0.5, 0.6) is 11.5 Å². The van der Waals surface area contributed by atoms with Crippen molar-refractivity contribution in [1.82, 2.24) is 5.32 Å². The van der Waals surface area contributed by atoms with E-state index in [1.54, 1.807) is 19.2 Å². The largest absolute Gasteiger partial charge is 0.454 e. The molecule has 6 nitrogen and oxygen atoms in total. The fourth-order valence-electron chi connectivity index (χ4n) is 2.12. The first kappa shape index (κ1) is 15.1. The quantitative estimate of drug-likeness (QED) is 0.642. The van der Waals surface area contributed by atoms with E-state index in [0.717, 1.165) is 5.56 Å². The predicted molar refractivity (Wildman–Crippen MR) is 72.9 cm³/mol. The number of fused-ring (bicyclic) bond motifs is 1. The molecule has 0 spiro atoms. The Kier molecular flexibility index (Phi) is 5.60. The molecule has 0 saturated carbocycles. The zero-order valence-corrected chi connectivity index (χ0v) is 11.5. The zero-order chi connectivity index (χ0) is 14.4. The van der Waals surface area contributed by atoms with Crippen LogP contribution < -0.4 is 14.8 Å². The van der Waals surface area contributed by atoms with Crippen LogP contribution in [0.1, 0.15) is 18.1 Å². The number of aliphatic hydroxyl groups excluding tert-OH is 2. The third-order valence-electron chi connectivity index (χ3n) is 3.23. The molecule has 0 aromatic heterocycles. The van der Waals surface area contributed by atoms with Crippen LogP contribution in [-0.4, -0.2) is 49.9 Å². The van der Waals surface area contributed by atoms with E-state index in [1.165, 1.54) is 0 Å². The summed E-state index contributed by atoms with van der Waals surface area (Å²) in [6.45, 7) is 1.18. The smallest absolute Gasteiger partial charge is 0.231 e. The van der Waals surface area contributed by atoms with Crippen molar-refractivity contribution in [3.63, 3.8) is 0 Å².